The summed E-state index contributed by atoms with van der Waals surface area (Å²) in [6.07, 6.45) is 8.14. The Hall–Kier alpha value is -0.570. The van der Waals surface area contributed by atoms with Crippen LogP contribution in [-0.4, -0.2) is 30.4 Å². The van der Waals surface area contributed by atoms with Crippen LogP contribution in [0.25, 0.3) is 0 Å². The summed E-state index contributed by atoms with van der Waals surface area (Å²) in [5.41, 5.74) is 5.68. The molecule has 0 radical (unpaired) electrons. The van der Waals surface area contributed by atoms with Crippen molar-refractivity contribution in [3.8, 4) is 0 Å². The molecule has 17 heavy (non-hydrogen) atoms. The van der Waals surface area contributed by atoms with Crippen molar-refractivity contribution in [2.75, 3.05) is 13.6 Å². The summed E-state index contributed by atoms with van der Waals surface area (Å²) in [7, 11) is 1.97. The molecule has 0 aromatic heterocycles. The number of carbonyl (C=O) groups excluding carboxylic acids is 1. The quantitative estimate of drug-likeness (QED) is 0.815. The molecule has 3 heteroatoms. The zero-order valence-electron chi connectivity index (χ0n) is 11.2. The molecule has 0 heterocycles. The van der Waals surface area contributed by atoms with Crippen molar-refractivity contribution in [2.45, 2.75) is 57.9 Å². The molecule has 0 spiro atoms. The third-order valence-corrected chi connectivity index (χ3v) is 4.89. The first-order chi connectivity index (χ1) is 8.10. The first-order valence-corrected chi connectivity index (χ1v) is 7.08. The van der Waals surface area contributed by atoms with Crippen LogP contribution in [0.15, 0.2) is 0 Å². The fourth-order valence-electron chi connectivity index (χ4n) is 3.19. The lowest BCUT2D eigenvalue weighted by Gasteiger charge is -2.39. The highest BCUT2D eigenvalue weighted by Gasteiger charge is 2.43. The SMILES string of the molecule is CC(C1CC1)N(C)C(=O)C1(CN)CCCCC1. The van der Waals surface area contributed by atoms with Crippen LogP contribution >= 0.6 is 0 Å². The molecule has 1 atom stereocenters. The van der Waals surface area contributed by atoms with Gasteiger partial charge in [0, 0.05) is 19.6 Å². The van der Waals surface area contributed by atoms with Crippen LogP contribution in [0.2, 0.25) is 0 Å². The van der Waals surface area contributed by atoms with Crippen molar-refractivity contribution in [2.24, 2.45) is 17.1 Å². The molecule has 2 fully saturated rings. The van der Waals surface area contributed by atoms with Gasteiger partial charge in [-0.3, -0.25) is 4.79 Å². The average Bonchev–Trinajstić information content (AvgIpc) is 3.21. The fraction of sp³-hybridized carbons (Fsp3) is 0.929. The molecule has 0 saturated heterocycles. The standard InChI is InChI=1S/C14H26N2O/c1-11(12-6-7-12)16(2)13(17)14(10-15)8-4-3-5-9-14/h11-12H,3-10,15H2,1-2H3. The summed E-state index contributed by atoms with van der Waals surface area (Å²) >= 11 is 0. The van der Waals surface area contributed by atoms with Gasteiger partial charge in [0.2, 0.25) is 5.91 Å². The molecule has 3 nitrogen and oxygen atoms in total. The molecule has 98 valence electrons. The van der Waals surface area contributed by atoms with Crippen molar-refractivity contribution < 1.29 is 4.79 Å². The predicted molar refractivity (Wildman–Crippen MR) is 69.5 cm³/mol. The van der Waals surface area contributed by atoms with E-state index in [0.717, 1.165) is 31.6 Å². The second-order valence-electron chi connectivity index (χ2n) is 6.04. The van der Waals surface area contributed by atoms with E-state index in [4.69, 9.17) is 5.73 Å². The van der Waals surface area contributed by atoms with Crippen molar-refractivity contribution >= 4 is 5.91 Å². The topological polar surface area (TPSA) is 46.3 Å². The summed E-state index contributed by atoms with van der Waals surface area (Å²) in [5.74, 6) is 1.04. The van der Waals surface area contributed by atoms with Crippen molar-refractivity contribution in [1.29, 1.82) is 0 Å². The number of rotatable bonds is 4. The van der Waals surface area contributed by atoms with Gasteiger partial charge in [-0.25, -0.2) is 0 Å². The second-order valence-corrected chi connectivity index (χ2v) is 6.04. The molecule has 0 aromatic carbocycles. The Labute approximate surface area is 105 Å². The van der Waals surface area contributed by atoms with Crippen LogP contribution in [0.3, 0.4) is 0 Å². The minimum atomic E-state index is -0.240. The van der Waals surface area contributed by atoms with E-state index in [1.54, 1.807) is 0 Å². The van der Waals surface area contributed by atoms with E-state index < -0.39 is 0 Å². The Morgan fingerprint density at radius 1 is 1.35 bits per heavy atom. The molecular weight excluding hydrogens is 212 g/mol. The molecule has 0 bridgehead atoms. The van der Waals surface area contributed by atoms with Gasteiger partial charge < -0.3 is 10.6 Å². The van der Waals surface area contributed by atoms with Crippen molar-refractivity contribution in [3.05, 3.63) is 0 Å². The smallest absolute Gasteiger partial charge is 0.230 e. The second kappa shape index (κ2) is 4.97. The maximum absolute atomic E-state index is 12.7. The Bertz CT molecular complexity index is 280. The number of carbonyl (C=O) groups is 1. The van der Waals surface area contributed by atoms with Crippen LogP contribution in [0, 0.1) is 11.3 Å². The summed E-state index contributed by atoms with van der Waals surface area (Å²) < 4.78 is 0. The minimum Gasteiger partial charge on any atom is -0.342 e. The molecule has 1 unspecified atom stereocenters. The third-order valence-electron chi connectivity index (χ3n) is 4.89. The maximum Gasteiger partial charge on any atom is 0.230 e. The first kappa shape index (κ1) is 12.9. The van der Waals surface area contributed by atoms with Gasteiger partial charge in [-0.1, -0.05) is 19.3 Å². The van der Waals surface area contributed by atoms with Gasteiger partial charge in [0.1, 0.15) is 0 Å². The molecule has 0 aliphatic heterocycles. The monoisotopic (exact) mass is 238 g/mol. The van der Waals surface area contributed by atoms with Gasteiger partial charge in [-0.05, 0) is 38.5 Å². The van der Waals surface area contributed by atoms with E-state index in [9.17, 15) is 4.79 Å². The normalized spacial score (nSPS) is 25.4. The number of nitrogens with two attached hydrogens (primary N) is 1. The zero-order chi connectivity index (χ0) is 12.5. The fourth-order valence-corrected chi connectivity index (χ4v) is 3.19. The largest absolute Gasteiger partial charge is 0.342 e. The van der Waals surface area contributed by atoms with Gasteiger partial charge in [0.25, 0.3) is 0 Å². The van der Waals surface area contributed by atoms with Crippen LogP contribution < -0.4 is 5.73 Å². The Morgan fingerprint density at radius 2 is 1.94 bits per heavy atom. The lowest BCUT2D eigenvalue weighted by molar-refractivity contribution is -0.144. The molecule has 1 amide bonds. The lowest BCUT2D eigenvalue weighted by Crippen LogP contribution is -2.50. The van der Waals surface area contributed by atoms with E-state index in [0.29, 0.717) is 18.5 Å². The maximum atomic E-state index is 12.7. The van der Waals surface area contributed by atoms with Crippen LogP contribution in [-0.2, 0) is 4.79 Å². The zero-order valence-corrected chi connectivity index (χ0v) is 11.2. The summed E-state index contributed by atoms with van der Waals surface area (Å²) in [6, 6.07) is 0.396. The summed E-state index contributed by atoms with van der Waals surface area (Å²) in [5, 5.41) is 0. The van der Waals surface area contributed by atoms with Gasteiger partial charge in [0.05, 0.1) is 5.41 Å². The summed E-state index contributed by atoms with van der Waals surface area (Å²) in [4.78, 5) is 14.7. The first-order valence-electron chi connectivity index (χ1n) is 7.08. The van der Waals surface area contributed by atoms with Crippen LogP contribution in [0.1, 0.15) is 51.9 Å². The van der Waals surface area contributed by atoms with Crippen LogP contribution in [0.5, 0.6) is 0 Å². The summed E-state index contributed by atoms with van der Waals surface area (Å²) in [6.45, 7) is 2.70. The highest BCUT2D eigenvalue weighted by molar-refractivity contribution is 5.83. The van der Waals surface area contributed by atoms with E-state index >= 15 is 0 Å². The number of nitrogens with zero attached hydrogens (tertiary/aromatic N) is 1. The lowest BCUT2D eigenvalue weighted by atomic mass is 9.73. The van der Waals surface area contributed by atoms with E-state index in [-0.39, 0.29) is 5.41 Å². The third kappa shape index (κ3) is 2.49. The number of hydrogen-bond donors (Lipinski definition) is 1. The number of amides is 1. The Balaban J connectivity index is 2.04. The molecule has 0 aromatic rings. The van der Waals surface area contributed by atoms with E-state index in [1.807, 2.05) is 11.9 Å². The molecular formula is C14H26N2O. The molecule has 2 saturated carbocycles. The van der Waals surface area contributed by atoms with Gasteiger partial charge in [0.15, 0.2) is 0 Å². The van der Waals surface area contributed by atoms with Gasteiger partial charge in [-0.2, -0.15) is 0 Å². The molecule has 2 N–H and O–H groups in total. The molecule has 2 aliphatic carbocycles. The average molecular weight is 238 g/mol. The minimum absolute atomic E-state index is 0.240. The predicted octanol–water partition coefficient (Wildman–Crippen LogP) is 2.15. The molecule has 2 aliphatic rings. The van der Waals surface area contributed by atoms with Crippen molar-refractivity contribution in [3.63, 3.8) is 0 Å². The van der Waals surface area contributed by atoms with Crippen LogP contribution in [0.4, 0.5) is 0 Å². The highest BCUT2D eigenvalue weighted by atomic mass is 16.2. The molecule has 2 rings (SSSR count). The Kier molecular flexibility index (Phi) is 3.76. The van der Waals surface area contributed by atoms with E-state index in [1.165, 1.54) is 19.3 Å². The highest BCUT2D eigenvalue weighted by Crippen LogP contribution is 2.40. The van der Waals surface area contributed by atoms with Crippen molar-refractivity contribution in [1.82, 2.24) is 4.90 Å². The van der Waals surface area contributed by atoms with E-state index in [2.05, 4.69) is 6.92 Å². The van der Waals surface area contributed by atoms with Gasteiger partial charge >= 0.3 is 0 Å². The number of hydrogen-bond acceptors (Lipinski definition) is 2. The van der Waals surface area contributed by atoms with Gasteiger partial charge in [-0.15, -0.1) is 0 Å². The Morgan fingerprint density at radius 3 is 2.41 bits per heavy atom.